The lowest BCUT2D eigenvalue weighted by Crippen LogP contribution is -2.16. The second-order valence-corrected chi connectivity index (χ2v) is 8.16. The maximum Gasteiger partial charge on any atom is 0.339 e. The lowest BCUT2D eigenvalue weighted by atomic mass is 10.0. The van der Waals surface area contributed by atoms with E-state index in [-0.39, 0.29) is 16.2 Å². The van der Waals surface area contributed by atoms with E-state index in [1.165, 1.54) is 12.1 Å². The molecule has 138 valence electrons. The fraction of sp³-hybridized carbons (Fsp3) is 0.0526. The highest BCUT2D eigenvalue weighted by molar-refractivity contribution is 9.10. The topological polar surface area (TPSA) is 104 Å². The molecular weight excluding hydrogens is 434 g/mol. The second kappa shape index (κ2) is 7.59. The molecule has 0 aliphatic heterocycles. The molecule has 0 atom stereocenters. The SMILES string of the molecule is NS(=O)(=O)c1ccc(Br)c(C(=O)OCC(=O)c2ccc3ccccc3c2)c1. The van der Waals surface area contributed by atoms with Crippen LogP contribution in [0, 0.1) is 0 Å². The molecule has 0 bridgehead atoms. The molecule has 0 saturated heterocycles. The molecule has 3 aromatic rings. The van der Waals surface area contributed by atoms with Crippen LogP contribution >= 0.6 is 15.9 Å². The van der Waals surface area contributed by atoms with Gasteiger partial charge in [0.25, 0.3) is 0 Å². The summed E-state index contributed by atoms with van der Waals surface area (Å²) < 4.78 is 28.2. The Kier molecular flexibility index (Phi) is 5.41. The standard InChI is InChI=1S/C19H14BrNO5S/c20-17-8-7-15(27(21,24)25)10-16(17)19(23)26-11-18(22)14-6-5-12-3-1-2-4-13(12)9-14/h1-10H,11H2,(H2,21,24,25). The lowest BCUT2D eigenvalue weighted by Gasteiger charge is -2.08. The predicted octanol–water partition coefficient (Wildman–Crippen LogP) is 3.29. The van der Waals surface area contributed by atoms with Crippen molar-refractivity contribution in [3.05, 3.63) is 76.3 Å². The molecule has 0 aliphatic carbocycles. The molecule has 3 aromatic carbocycles. The number of ether oxygens (including phenoxy) is 1. The first kappa shape index (κ1) is 19.2. The summed E-state index contributed by atoms with van der Waals surface area (Å²) in [7, 11) is -3.97. The van der Waals surface area contributed by atoms with Crippen LogP contribution in [0.2, 0.25) is 0 Å². The molecule has 0 spiro atoms. The van der Waals surface area contributed by atoms with Crippen molar-refractivity contribution in [2.45, 2.75) is 4.90 Å². The van der Waals surface area contributed by atoms with Crippen molar-refractivity contribution < 1.29 is 22.7 Å². The Morgan fingerprint density at radius 1 is 0.963 bits per heavy atom. The van der Waals surface area contributed by atoms with Gasteiger partial charge in [0.05, 0.1) is 10.5 Å². The number of halogens is 1. The average Bonchev–Trinajstić information content (AvgIpc) is 2.64. The van der Waals surface area contributed by atoms with Gasteiger partial charge >= 0.3 is 5.97 Å². The van der Waals surface area contributed by atoms with Crippen molar-refractivity contribution in [3.63, 3.8) is 0 Å². The van der Waals surface area contributed by atoms with Gasteiger partial charge in [0, 0.05) is 10.0 Å². The molecule has 0 unspecified atom stereocenters. The fourth-order valence-corrected chi connectivity index (χ4v) is 3.44. The summed E-state index contributed by atoms with van der Waals surface area (Å²) in [6.45, 7) is -0.469. The van der Waals surface area contributed by atoms with E-state index in [9.17, 15) is 18.0 Å². The number of hydrogen-bond acceptors (Lipinski definition) is 5. The fourth-order valence-electron chi connectivity index (χ4n) is 2.49. The number of rotatable bonds is 5. The molecule has 0 heterocycles. The van der Waals surface area contributed by atoms with Crippen molar-refractivity contribution in [2.75, 3.05) is 6.61 Å². The number of nitrogens with two attached hydrogens (primary N) is 1. The van der Waals surface area contributed by atoms with E-state index in [0.717, 1.165) is 16.8 Å². The first-order valence-electron chi connectivity index (χ1n) is 7.77. The van der Waals surface area contributed by atoms with Gasteiger partial charge in [0.1, 0.15) is 0 Å². The molecule has 8 heteroatoms. The van der Waals surface area contributed by atoms with Gasteiger partial charge in [-0.15, -0.1) is 0 Å². The zero-order valence-electron chi connectivity index (χ0n) is 13.9. The summed E-state index contributed by atoms with van der Waals surface area (Å²) >= 11 is 3.16. The summed E-state index contributed by atoms with van der Waals surface area (Å²) in [6.07, 6.45) is 0. The van der Waals surface area contributed by atoms with Gasteiger partial charge in [-0.05, 0) is 51.0 Å². The number of hydrogen-bond donors (Lipinski definition) is 1. The summed E-state index contributed by atoms with van der Waals surface area (Å²) in [4.78, 5) is 24.4. The second-order valence-electron chi connectivity index (χ2n) is 5.75. The third-order valence-electron chi connectivity index (χ3n) is 3.89. The molecule has 3 rings (SSSR count). The number of sulfonamides is 1. The van der Waals surface area contributed by atoms with Crippen LogP contribution in [0.25, 0.3) is 10.8 Å². The Hall–Kier alpha value is -2.55. The number of carbonyl (C=O) groups excluding carboxylic acids is 2. The number of esters is 1. The van der Waals surface area contributed by atoms with Crippen molar-refractivity contribution in [2.24, 2.45) is 5.14 Å². The van der Waals surface area contributed by atoms with E-state index < -0.39 is 22.6 Å². The van der Waals surface area contributed by atoms with Gasteiger partial charge in [-0.2, -0.15) is 0 Å². The number of fused-ring (bicyclic) bond motifs is 1. The zero-order chi connectivity index (χ0) is 19.6. The molecule has 0 aliphatic rings. The van der Waals surface area contributed by atoms with Crippen molar-refractivity contribution >= 4 is 48.5 Å². The van der Waals surface area contributed by atoms with Gasteiger partial charge < -0.3 is 4.74 Å². The van der Waals surface area contributed by atoms with Crippen molar-refractivity contribution in [1.29, 1.82) is 0 Å². The molecule has 0 radical (unpaired) electrons. The van der Waals surface area contributed by atoms with E-state index in [1.807, 2.05) is 30.3 Å². The molecule has 27 heavy (non-hydrogen) atoms. The highest BCUT2D eigenvalue weighted by Gasteiger charge is 2.18. The number of benzene rings is 3. The van der Waals surface area contributed by atoms with Gasteiger partial charge in [0.15, 0.2) is 12.4 Å². The van der Waals surface area contributed by atoms with Crippen LogP contribution in [0.4, 0.5) is 0 Å². The maximum atomic E-state index is 12.3. The predicted molar refractivity (Wildman–Crippen MR) is 104 cm³/mol. The Labute approximate surface area is 164 Å². The van der Waals surface area contributed by atoms with Crippen LogP contribution in [-0.4, -0.2) is 26.8 Å². The lowest BCUT2D eigenvalue weighted by molar-refractivity contribution is 0.0473. The smallest absolute Gasteiger partial charge is 0.339 e. The Bertz CT molecular complexity index is 1160. The largest absolute Gasteiger partial charge is 0.454 e. The van der Waals surface area contributed by atoms with Gasteiger partial charge in [0.2, 0.25) is 10.0 Å². The van der Waals surface area contributed by atoms with E-state index in [4.69, 9.17) is 9.88 Å². The molecule has 0 aromatic heterocycles. The first-order valence-corrected chi connectivity index (χ1v) is 10.1. The average molecular weight is 448 g/mol. The molecule has 0 fully saturated rings. The van der Waals surface area contributed by atoms with Gasteiger partial charge in [-0.25, -0.2) is 18.4 Å². The van der Waals surface area contributed by atoms with E-state index in [0.29, 0.717) is 10.0 Å². The summed E-state index contributed by atoms with van der Waals surface area (Å²) in [6, 6.07) is 16.5. The summed E-state index contributed by atoms with van der Waals surface area (Å²) in [5.41, 5.74) is 0.381. The van der Waals surface area contributed by atoms with Crippen LogP contribution in [0.3, 0.4) is 0 Å². The quantitative estimate of drug-likeness (QED) is 0.477. The van der Waals surface area contributed by atoms with Crippen LogP contribution in [0.15, 0.2) is 70.0 Å². The third kappa shape index (κ3) is 4.41. The Morgan fingerprint density at radius 2 is 1.67 bits per heavy atom. The van der Waals surface area contributed by atoms with E-state index in [2.05, 4.69) is 15.9 Å². The molecule has 6 nitrogen and oxygen atoms in total. The monoisotopic (exact) mass is 447 g/mol. The minimum atomic E-state index is -3.97. The minimum Gasteiger partial charge on any atom is -0.454 e. The Balaban J connectivity index is 1.76. The first-order chi connectivity index (χ1) is 12.8. The van der Waals surface area contributed by atoms with Crippen molar-refractivity contribution in [1.82, 2.24) is 0 Å². The van der Waals surface area contributed by atoms with Gasteiger partial charge in [-0.1, -0.05) is 36.4 Å². The highest BCUT2D eigenvalue weighted by Crippen LogP contribution is 2.22. The summed E-state index contributed by atoms with van der Waals surface area (Å²) in [5, 5.41) is 6.97. The molecular formula is C19H14BrNO5S. The van der Waals surface area contributed by atoms with Crippen LogP contribution < -0.4 is 5.14 Å². The van der Waals surface area contributed by atoms with E-state index >= 15 is 0 Å². The van der Waals surface area contributed by atoms with Crippen molar-refractivity contribution in [3.8, 4) is 0 Å². The van der Waals surface area contributed by atoms with E-state index in [1.54, 1.807) is 12.1 Å². The van der Waals surface area contributed by atoms with Crippen LogP contribution in [0.1, 0.15) is 20.7 Å². The normalized spacial score (nSPS) is 11.3. The number of primary sulfonamides is 1. The highest BCUT2D eigenvalue weighted by atomic mass is 79.9. The minimum absolute atomic E-state index is 0.0344. The van der Waals surface area contributed by atoms with Gasteiger partial charge in [-0.3, -0.25) is 4.79 Å². The van der Waals surface area contributed by atoms with Crippen LogP contribution in [-0.2, 0) is 14.8 Å². The number of Topliss-reactive ketones (excluding diaryl/α,β-unsaturated/α-hetero) is 1. The number of carbonyl (C=O) groups is 2. The zero-order valence-corrected chi connectivity index (χ0v) is 16.3. The summed E-state index contributed by atoms with van der Waals surface area (Å²) in [5.74, 6) is -1.20. The molecule has 0 saturated carbocycles. The Morgan fingerprint density at radius 3 is 2.37 bits per heavy atom. The maximum absolute atomic E-state index is 12.3. The third-order valence-corrected chi connectivity index (χ3v) is 5.49. The molecule has 2 N–H and O–H groups in total. The van der Waals surface area contributed by atoms with Crippen LogP contribution in [0.5, 0.6) is 0 Å². The molecule has 0 amide bonds. The number of ketones is 1.